The molecule has 0 spiro atoms. The Morgan fingerprint density at radius 2 is 1.96 bits per heavy atom. The highest BCUT2D eigenvalue weighted by atomic mass is 16.2. The Balaban J connectivity index is 1.50. The molecule has 24 heavy (non-hydrogen) atoms. The van der Waals surface area contributed by atoms with Crippen molar-refractivity contribution in [3.8, 4) is 0 Å². The Hall–Kier alpha value is -2.82. The molecule has 2 aromatic rings. The monoisotopic (exact) mass is 323 g/mol. The van der Waals surface area contributed by atoms with E-state index in [-0.39, 0.29) is 17.9 Å². The van der Waals surface area contributed by atoms with Crippen LogP contribution in [0, 0.1) is 12.8 Å². The van der Waals surface area contributed by atoms with Gasteiger partial charge in [-0.1, -0.05) is 30.3 Å². The number of nitrogens with one attached hydrogen (secondary N) is 2. The molecule has 5 nitrogen and oxygen atoms in total. The minimum absolute atomic E-state index is 0.104. The highest BCUT2D eigenvalue weighted by Gasteiger charge is 2.30. The smallest absolute Gasteiger partial charge is 0.319 e. The van der Waals surface area contributed by atoms with E-state index in [9.17, 15) is 9.59 Å². The van der Waals surface area contributed by atoms with Gasteiger partial charge in [0.1, 0.15) is 0 Å². The van der Waals surface area contributed by atoms with Crippen molar-refractivity contribution in [1.29, 1.82) is 0 Å². The van der Waals surface area contributed by atoms with E-state index in [0.717, 1.165) is 16.9 Å². The topological polar surface area (TPSA) is 61.4 Å². The first-order valence-corrected chi connectivity index (χ1v) is 8.09. The van der Waals surface area contributed by atoms with Crippen LogP contribution in [-0.2, 0) is 4.79 Å². The van der Waals surface area contributed by atoms with Crippen LogP contribution in [0.25, 0.3) is 0 Å². The Morgan fingerprint density at radius 3 is 2.71 bits per heavy atom. The molecular formula is C19H21N3O2. The predicted octanol–water partition coefficient (Wildman–Crippen LogP) is 3.17. The number of carbonyl (C=O) groups is 2. The molecule has 3 rings (SSSR count). The van der Waals surface area contributed by atoms with Crippen molar-refractivity contribution in [2.75, 3.05) is 23.3 Å². The third kappa shape index (κ3) is 3.93. The molecule has 0 aliphatic carbocycles. The average molecular weight is 323 g/mol. The van der Waals surface area contributed by atoms with Gasteiger partial charge in [-0.2, -0.15) is 0 Å². The van der Waals surface area contributed by atoms with E-state index >= 15 is 0 Å². The molecule has 1 fully saturated rings. The standard InChI is InChI=1S/C19H21N3O2/c1-14-6-5-7-16(10-14)21-19(24)20-12-15-11-18(23)22(13-15)17-8-3-2-4-9-17/h2-10,15H,11-13H2,1H3,(H2,20,21,24). The van der Waals surface area contributed by atoms with Crippen LogP contribution in [0.4, 0.5) is 16.2 Å². The number of urea groups is 1. The van der Waals surface area contributed by atoms with Crippen LogP contribution in [0.1, 0.15) is 12.0 Å². The quantitative estimate of drug-likeness (QED) is 0.908. The first kappa shape index (κ1) is 16.1. The number of nitrogens with zero attached hydrogens (tertiary/aromatic N) is 1. The summed E-state index contributed by atoms with van der Waals surface area (Å²) >= 11 is 0. The minimum Gasteiger partial charge on any atom is -0.338 e. The molecule has 2 N–H and O–H groups in total. The van der Waals surface area contributed by atoms with E-state index in [2.05, 4.69) is 10.6 Å². The molecule has 0 bridgehead atoms. The Morgan fingerprint density at radius 1 is 1.17 bits per heavy atom. The SMILES string of the molecule is Cc1cccc(NC(=O)NCC2CC(=O)N(c3ccccc3)C2)c1. The first-order chi connectivity index (χ1) is 11.6. The second-order valence-electron chi connectivity index (χ2n) is 6.11. The van der Waals surface area contributed by atoms with Gasteiger partial charge in [-0.15, -0.1) is 0 Å². The summed E-state index contributed by atoms with van der Waals surface area (Å²) < 4.78 is 0. The van der Waals surface area contributed by atoms with E-state index in [1.807, 2.05) is 61.5 Å². The molecule has 5 heteroatoms. The van der Waals surface area contributed by atoms with Crippen molar-refractivity contribution in [1.82, 2.24) is 5.32 Å². The second-order valence-corrected chi connectivity index (χ2v) is 6.11. The Kier molecular flexibility index (Phi) is 4.79. The fourth-order valence-corrected chi connectivity index (χ4v) is 2.91. The summed E-state index contributed by atoms with van der Waals surface area (Å²) in [5, 5.41) is 5.67. The van der Waals surface area contributed by atoms with Crippen LogP contribution in [-0.4, -0.2) is 25.0 Å². The lowest BCUT2D eigenvalue weighted by molar-refractivity contribution is -0.117. The van der Waals surface area contributed by atoms with Crippen LogP contribution in [0.2, 0.25) is 0 Å². The molecule has 1 heterocycles. The largest absolute Gasteiger partial charge is 0.338 e. The molecule has 0 saturated carbocycles. The summed E-state index contributed by atoms with van der Waals surface area (Å²) in [5.74, 6) is 0.230. The van der Waals surface area contributed by atoms with Gasteiger partial charge in [-0.3, -0.25) is 4.79 Å². The van der Waals surface area contributed by atoms with E-state index < -0.39 is 0 Å². The van der Waals surface area contributed by atoms with Gasteiger partial charge in [-0.05, 0) is 36.8 Å². The zero-order valence-corrected chi connectivity index (χ0v) is 13.7. The molecule has 1 aliphatic rings. The molecule has 2 aromatic carbocycles. The summed E-state index contributed by atoms with van der Waals surface area (Å²) in [6.07, 6.45) is 0.458. The van der Waals surface area contributed by atoms with Gasteiger partial charge in [0.15, 0.2) is 0 Å². The molecule has 0 aromatic heterocycles. The number of para-hydroxylation sites is 1. The van der Waals surface area contributed by atoms with Crippen LogP contribution in [0.5, 0.6) is 0 Å². The summed E-state index contributed by atoms with van der Waals surface area (Å²) in [5.41, 5.74) is 2.77. The van der Waals surface area contributed by atoms with E-state index in [1.165, 1.54) is 0 Å². The van der Waals surface area contributed by atoms with Gasteiger partial charge >= 0.3 is 6.03 Å². The number of carbonyl (C=O) groups excluding carboxylic acids is 2. The molecule has 3 amide bonds. The lowest BCUT2D eigenvalue weighted by Gasteiger charge is -2.17. The molecule has 124 valence electrons. The number of amides is 3. The van der Waals surface area contributed by atoms with E-state index in [1.54, 1.807) is 4.90 Å². The number of hydrogen-bond acceptors (Lipinski definition) is 2. The number of hydrogen-bond donors (Lipinski definition) is 2. The molecule has 0 radical (unpaired) electrons. The molecule has 1 unspecified atom stereocenters. The summed E-state index contributed by atoms with van der Waals surface area (Å²) in [6, 6.07) is 17.0. The molecule has 1 aliphatic heterocycles. The maximum absolute atomic E-state index is 12.2. The average Bonchev–Trinajstić information content (AvgIpc) is 2.95. The Bertz CT molecular complexity index is 730. The maximum atomic E-state index is 12.2. The second kappa shape index (κ2) is 7.17. The van der Waals surface area contributed by atoms with Gasteiger partial charge in [0.05, 0.1) is 0 Å². The zero-order valence-electron chi connectivity index (χ0n) is 13.7. The number of benzene rings is 2. The minimum atomic E-state index is -0.244. The highest BCUT2D eigenvalue weighted by molar-refractivity contribution is 5.96. The summed E-state index contributed by atoms with van der Waals surface area (Å²) in [6.45, 7) is 3.09. The lowest BCUT2D eigenvalue weighted by Crippen LogP contribution is -2.34. The van der Waals surface area contributed by atoms with Crippen molar-refractivity contribution >= 4 is 23.3 Å². The number of aryl methyl sites for hydroxylation is 1. The molecule has 1 saturated heterocycles. The van der Waals surface area contributed by atoms with Gasteiger partial charge in [-0.25, -0.2) is 4.79 Å². The lowest BCUT2D eigenvalue weighted by atomic mass is 10.1. The van der Waals surface area contributed by atoms with Crippen molar-refractivity contribution in [3.63, 3.8) is 0 Å². The van der Waals surface area contributed by atoms with Gasteiger partial charge < -0.3 is 15.5 Å². The Labute approximate surface area is 141 Å². The highest BCUT2D eigenvalue weighted by Crippen LogP contribution is 2.24. The fraction of sp³-hybridized carbons (Fsp3) is 0.263. The third-order valence-corrected chi connectivity index (χ3v) is 4.10. The first-order valence-electron chi connectivity index (χ1n) is 8.09. The van der Waals surface area contributed by atoms with Crippen LogP contribution >= 0.6 is 0 Å². The van der Waals surface area contributed by atoms with Crippen molar-refractivity contribution in [2.45, 2.75) is 13.3 Å². The number of anilines is 2. The summed E-state index contributed by atoms with van der Waals surface area (Å²) in [4.78, 5) is 25.9. The van der Waals surface area contributed by atoms with E-state index in [4.69, 9.17) is 0 Å². The van der Waals surface area contributed by atoms with Crippen molar-refractivity contribution in [3.05, 3.63) is 60.2 Å². The van der Waals surface area contributed by atoms with E-state index in [0.29, 0.717) is 19.5 Å². The van der Waals surface area contributed by atoms with Crippen molar-refractivity contribution < 1.29 is 9.59 Å². The van der Waals surface area contributed by atoms with Crippen molar-refractivity contribution in [2.24, 2.45) is 5.92 Å². The van der Waals surface area contributed by atoms with Crippen LogP contribution in [0.3, 0.4) is 0 Å². The predicted molar refractivity (Wildman–Crippen MR) is 95.1 cm³/mol. The fourth-order valence-electron chi connectivity index (χ4n) is 2.91. The normalized spacial score (nSPS) is 17.0. The number of rotatable bonds is 4. The van der Waals surface area contributed by atoms with Gasteiger partial charge in [0.2, 0.25) is 5.91 Å². The van der Waals surface area contributed by atoms with Gasteiger partial charge in [0, 0.05) is 36.8 Å². The summed E-state index contributed by atoms with van der Waals surface area (Å²) in [7, 11) is 0. The maximum Gasteiger partial charge on any atom is 0.319 e. The molecular weight excluding hydrogens is 302 g/mol. The van der Waals surface area contributed by atoms with Crippen LogP contribution in [0.15, 0.2) is 54.6 Å². The zero-order chi connectivity index (χ0) is 16.9. The molecule has 1 atom stereocenters. The van der Waals surface area contributed by atoms with Gasteiger partial charge in [0.25, 0.3) is 0 Å². The van der Waals surface area contributed by atoms with Crippen LogP contribution < -0.4 is 15.5 Å². The third-order valence-electron chi connectivity index (χ3n) is 4.10.